The molecule has 2 N–H and O–H groups in total. The first-order valence-electron chi connectivity index (χ1n) is 10.6. The molecule has 0 spiro atoms. The fourth-order valence-electron chi connectivity index (χ4n) is 4.06. The van der Waals surface area contributed by atoms with Crippen LogP contribution in [0.2, 0.25) is 0 Å². The maximum atomic E-state index is 14.9. The number of carbonyl (C=O) groups is 1. The zero-order valence-electron chi connectivity index (χ0n) is 17.9. The SMILES string of the molecule is Cc1ccc(Oc2cc(F)c(C(=O)N3CCCC3)cc2F)c(-c2ccc3onc(N)c3c2)c1. The van der Waals surface area contributed by atoms with Crippen molar-refractivity contribution in [2.75, 3.05) is 18.8 Å². The summed E-state index contributed by atoms with van der Waals surface area (Å²) in [6, 6.07) is 12.5. The van der Waals surface area contributed by atoms with Crippen LogP contribution in [-0.4, -0.2) is 29.1 Å². The predicted octanol–water partition coefficient (Wildman–Crippen LogP) is 5.69. The van der Waals surface area contributed by atoms with E-state index in [1.807, 2.05) is 25.1 Å². The number of hydrogen-bond acceptors (Lipinski definition) is 5. The minimum atomic E-state index is -0.823. The number of hydrogen-bond donors (Lipinski definition) is 1. The second-order valence-electron chi connectivity index (χ2n) is 8.14. The van der Waals surface area contributed by atoms with Gasteiger partial charge < -0.3 is 19.9 Å². The minimum Gasteiger partial charge on any atom is -0.454 e. The second kappa shape index (κ2) is 8.20. The van der Waals surface area contributed by atoms with Crippen molar-refractivity contribution in [3.63, 3.8) is 0 Å². The Morgan fingerprint density at radius 1 is 1.03 bits per heavy atom. The standard InChI is InChI=1S/C25H21F2N3O3/c1-14-4-6-21(16(10-14)15-5-7-22-18(11-15)24(28)29-33-22)32-23-13-19(26)17(12-20(23)27)25(31)30-8-2-3-9-30/h4-7,10-13H,2-3,8-9H2,1H3,(H2,28,29). The first kappa shape index (κ1) is 20.9. The average molecular weight is 449 g/mol. The van der Waals surface area contributed by atoms with Crippen molar-refractivity contribution < 1.29 is 22.8 Å². The van der Waals surface area contributed by atoms with Gasteiger partial charge in [0, 0.05) is 24.7 Å². The zero-order valence-corrected chi connectivity index (χ0v) is 17.9. The van der Waals surface area contributed by atoms with Crippen molar-refractivity contribution in [3.8, 4) is 22.6 Å². The quantitative estimate of drug-likeness (QED) is 0.433. The van der Waals surface area contributed by atoms with Gasteiger partial charge >= 0.3 is 0 Å². The van der Waals surface area contributed by atoms with Crippen LogP contribution in [0.3, 0.4) is 0 Å². The summed E-state index contributed by atoms with van der Waals surface area (Å²) in [4.78, 5) is 14.1. The summed E-state index contributed by atoms with van der Waals surface area (Å²) in [5, 5.41) is 4.40. The Morgan fingerprint density at radius 3 is 2.61 bits per heavy atom. The van der Waals surface area contributed by atoms with E-state index in [4.69, 9.17) is 15.0 Å². The third-order valence-corrected chi connectivity index (χ3v) is 5.81. The Hall–Kier alpha value is -3.94. The van der Waals surface area contributed by atoms with Gasteiger partial charge in [0.25, 0.3) is 5.91 Å². The molecular formula is C25H21F2N3O3. The van der Waals surface area contributed by atoms with E-state index in [1.165, 1.54) is 4.90 Å². The van der Waals surface area contributed by atoms with Crippen molar-refractivity contribution in [1.82, 2.24) is 10.1 Å². The van der Waals surface area contributed by atoms with Gasteiger partial charge in [-0.05, 0) is 55.7 Å². The van der Waals surface area contributed by atoms with Crippen molar-refractivity contribution in [2.45, 2.75) is 19.8 Å². The van der Waals surface area contributed by atoms with Crippen LogP contribution in [0.5, 0.6) is 11.5 Å². The molecule has 1 saturated heterocycles. The van der Waals surface area contributed by atoms with E-state index >= 15 is 0 Å². The summed E-state index contributed by atoms with van der Waals surface area (Å²) in [6.45, 7) is 3.01. The Labute approximate surface area is 188 Å². The summed E-state index contributed by atoms with van der Waals surface area (Å²) < 4.78 is 40.6. The second-order valence-corrected chi connectivity index (χ2v) is 8.14. The number of likely N-dealkylation sites (tertiary alicyclic amines) is 1. The Kier molecular flexibility index (Phi) is 5.20. The lowest BCUT2D eigenvalue weighted by Gasteiger charge is -2.17. The molecule has 1 fully saturated rings. The van der Waals surface area contributed by atoms with E-state index in [2.05, 4.69) is 5.16 Å². The van der Waals surface area contributed by atoms with Gasteiger partial charge in [0.15, 0.2) is 23.0 Å². The van der Waals surface area contributed by atoms with Crippen molar-refractivity contribution >= 4 is 22.7 Å². The number of ether oxygens (including phenoxy) is 1. The molecule has 8 heteroatoms. The number of carbonyl (C=O) groups excluding carboxylic acids is 1. The third kappa shape index (κ3) is 3.88. The molecule has 0 saturated carbocycles. The van der Waals surface area contributed by atoms with E-state index in [1.54, 1.807) is 18.2 Å². The lowest BCUT2D eigenvalue weighted by molar-refractivity contribution is 0.0787. The van der Waals surface area contributed by atoms with Gasteiger partial charge in [-0.3, -0.25) is 4.79 Å². The fourth-order valence-corrected chi connectivity index (χ4v) is 4.06. The molecular weight excluding hydrogens is 428 g/mol. The fraction of sp³-hybridized carbons (Fsp3) is 0.200. The van der Waals surface area contributed by atoms with Gasteiger partial charge in [-0.2, -0.15) is 0 Å². The number of amides is 1. The van der Waals surface area contributed by atoms with E-state index in [9.17, 15) is 13.6 Å². The van der Waals surface area contributed by atoms with Gasteiger partial charge in [0.05, 0.1) is 10.9 Å². The van der Waals surface area contributed by atoms with Crippen molar-refractivity contribution in [3.05, 3.63) is 71.3 Å². The molecule has 1 amide bonds. The zero-order chi connectivity index (χ0) is 23.1. The summed E-state index contributed by atoms with van der Waals surface area (Å²) in [7, 11) is 0. The Balaban J connectivity index is 1.51. The average Bonchev–Trinajstić information content (AvgIpc) is 3.47. The lowest BCUT2D eigenvalue weighted by atomic mass is 10.0. The van der Waals surface area contributed by atoms with Crippen LogP contribution < -0.4 is 10.5 Å². The highest BCUT2D eigenvalue weighted by Crippen LogP contribution is 2.37. The number of nitrogens with two attached hydrogens (primary N) is 1. The smallest absolute Gasteiger partial charge is 0.256 e. The monoisotopic (exact) mass is 449 g/mol. The minimum absolute atomic E-state index is 0.258. The number of rotatable bonds is 4. The molecule has 0 unspecified atom stereocenters. The predicted molar refractivity (Wildman–Crippen MR) is 120 cm³/mol. The molecule has 1 aliphatic heterocycles. The van der Waals surface area contributed by atoms with Gasteiger partial charge in [-0.1, -0.05) is 22.9 Å². The molecule has 2 heterocycles. The van der Waals surface area contributed by atoms with E-state index in [0.29, 0.717) is 35.4 Å². The highest BCUT2D eigenvalue weighted by molar-refractivity contribution is 5.95. The number of aromatic nitrogens is 1. The first-order chi connectivity index (χ1) is 15.9. The van der Waals surface area contributed by atoms with Crippen LogP contribution in [0.4, 0.5) is 14.6 Å². The number of nitrogen functional groups attached to an aromatic ring is 1. The van der Waals surface area contributed by atoms with Crippen molar-refractivity contribution in [2.24, 2.45) is 0 Å². The van der Waals surface area contributed by atoms with Crippen LogP contribution in [0, 0.1) is 18.6 Å². The molecule has 4 aromatic rings. The van der Waals surface area contributed by atoms with E-state index < -0.39 is 17.5 Å². The summed E-state index contributed by atoms with van der Waals surface area (Å²) in [5.74, 6) is -1.87. The number of anilines is 1. The molecule has 0 atom stereocenters. The molecule has 0 radical (unpaired) electrons. The number of benzene rings is 3. The van der Waals surface area contributed by atoms with Crippen LogP contribution in [0.15, 0.2) is 53.1 Å². The van der Waals surface area contributed by atoms with Gasteiger partial charge in [0.2, 0.25) is 0 Å². The highest BCUT2D eigenvalue weighted by Gasteiger charge is 2.24. The molecule has 0 aliphatic carbocycles. The van der Waals surface area contributed by atoms with Crippen LogP contribution >= 0.6 is 0 Å². The van der Waals surface area contributed by atoms with Crippen LogP contribution in [0.25, 0.3) is 22.1 Å². The first-order valence-corrected chi connectivity index (χ1v) is 10.6. The Morgan fingerprint density at radius 2 is 1.82 bits per heavy atom. The molecule has 1 aromatic heterocycles. The molecule has 0 bridgehead atoms. The number of fused-ring (bicyclic) bond motifs is 1. The number of nitrogens with zero attached hydrogens (tertiary/aromatic N) is 2. The largest absolute Gasteiger partial charge is 0.454 e. The molecule has 3 aromatic carbocycles. The third-order valence-electron chi connectivity index (χ3n) is 5.81. The number of halogens is 2. The van der Waals surface area contributed by atoms with Crippen molar-refractivity contribution in [1.29, 1.82) is 0 Å². The maximum absolute atomic E-state index is 14.9. The van der Waals surface area contributed by atoms with Crippen LogP contribution in [0.1, 0.15) is 28.8 Å². The molecule has 33 heavy (non-hydrogen) atoms. The summed E-state index contributed by atoms with van der Waals surface area (Å²) in [5.41, 5.74) is 8.49. The van der Waals surface area contributed by atoms with E-state index in [-0.39, 0.29) is 17.1 Å². The lowest BCUT2D eigenvalue weighted by Crippen LogP contribution is -2.28. The molecule has 1 aliphatic rings. The van der Waals surface area contributed by atoms with Crippen LogP contribution in [-0.2, 0) is 0 Å². The number of aryl methyl sites for hydroxylation is 1. The maximum Gasteiger partial charge on any atom is 0.256 e. The van der Waals surface area contributed by atoms with Gasteiger partial charge in [-0.15, -0.1) is 0 Å². The molecule has 5 rings (SSSR count). The Bertz CT molecular complexity index is 1380. The normalized spacial score (nSPS) is 13.6. The summed E-state index contributed by atoms with van der Waals surface area (Å²) in [6.07, 6.45) is 1.72. The molecule has 6 nitrogen and oxygen atoms in total. The van der Waals surface area contributed by atoms with E-state index in [0.717, 1.165) is 36.1 Å². The summed E-state index contributed by atoms with van der Waals surface area (Å²) >= 11 is 0. The topological polar surface area (TPSA) is 81.6 Å². The molecule has 168 valence electrons. The highest BCUT2D eigenvalue weighted by atomic mass is 19.1. The van der Waals surface area contributed by atoms with Gasteiger partial charge in [-0.25, -0.2) is 8.78 Å². The van der Waals surface area contributed by atoms with Gasteiger partial charge in [0.1, 0.15) is 11.6 Å².